The lowest BCUT2D eigenvalue weighted by Gasteiger charge is -2.31. The standard InChI is InChI=1S/C16H35N3/c1-6-8-17-11-15-7-9-19(12-15)16(10-14(2)3)13-18(4)5/h14-17H,6-13H2,1-5H3. The third kappa shape index (κ3) is 6.73. The Bertz CT molecular complexity index is 218. The molecule has 0 radical (unpaired) electrons. The molecule has 3 heteroatoms. The monoisotopic (exact) mass is 269 g/mol. The fourth-order valence-corrected chi connectivity index (χ4v) is 3.15. The molecule has 0 aromatic heterocycles. The lowest BCUT2D eigenvalue weighted by Crippen LogP contribution is -2.42. The SMILES string of the molecule is CCCNCC1CCN(C(CC(C)C)CN(C)C)C1. The second kappa shape index (κ2) is 8.93. The maximum Gasteiger partial charge on any atom is 0.0225 e. The van der Waals surface area contributed by atoms with Crippen molar-refractivity contribution in [2.45, 2.75) is 46.1 Å². The first-order valence-corrected chi connectivity index (χ1v) is 8.12. The Morgan fingerprint density at radius 1 is 1.32 bits per heavy atom. The van der Waals surface area contributed by atoms with E-state index in [1.54, 1.807) is 0 Å². The maximum atomic E-state index is 3.58. The fourth-order valence-electron chi connectivity index (χ4n) is 3.15. The van der Waals surface area contributed by atoms with E-state index in [0.29, 0.717) is 0 Å². The van der Waals surface area contributed by atoms with E-state index >= 15 is 0 Å². The smallest absolute Gasteiger partial charge is 0.0225 e. The summed E-state index contributed by atoms with van der Waals surface area (Å²) in [5.74, 6) is 1.66. The number of likely N-dealkylation sites (N-methyl/N-ethyl adjacent to an activating group) is 1. The second-order valence-corrected chi connectivity index (χ2v) is 6.90. The van der Waals surface area contributed by atoms with Gasteiger partial charge in [-0.25, -0.2) is 0 Å². The second-order valence-electron chi connectivity index (χ2n) is 6.90. The van der Waals surface area contributed by atoms with Crippen molar-refractivity contribution in [3.8, 4) is 0 Å². The molecule has 2 atom stereocenters. The van der Waals surface area contributed by atoms with E-state index in [4.69, 9.17) is 0 Å². The van der Waals surface area contributed by atoms with Gasteiger partial charge in [-0.15, -0.1) is 0 Å². The van der Waals surface area contributed by atoms with Gasteiger partial charge in [0.05, 0.1) is 0 Å². The molecule has 0 spiro atoms. The molecule has 114 valence electrons. The number of hydrogen-bond acceptors (Lipinski definition) is 3. The van der Waals surface area contributed by atoms with Gasteiger partial charge in [0.15, 0.2) is 0 Å². The highest BCUT2D eigenvalue weighted by Crippen LogP contribution is 2.22. The van der Waals surface area contributed by atoms with Crippen molar-refractivity contribution in [2.75, 3.05) is 46.8 Å². The molecule has 1 saturated heterocycles. The Kier molecular flexibility index (Phi) is 7.96. The average molecular weight is 269 g/mol. The van der Waals surface area contributed by atoms with Crippen LogP contribution >= 0.6 is 0 Å². The minimum Gasteiger partial charge on any atom is -0.316 e. The van der Waals surface area contributed by atoms with E-state index in [9.17, 15) is 0 Å². The Morgan fingerprint density at radius 3 is 2.63 bits per heavy atom. The third-order valence-electron chi connectivity index (χ3n) is 4.01. The summed E-state index contributed by atoms with van der Waals surface area (Å²) < 4.78 is 0. The summed E-state index contributed by atoms with van der Waals surface area (Å²) in [6.45, 7) is 13.1. The first-order valence-electron chi connectivity index (χ1n) is 8.12. The Labute approximate surface area is 120 Å². The van der Waals surface area contributed by atoms with Crippen molar-refractivity contribution in [3.63, 3.8) is 0 Å². The summed E-state index contributed by atoms with van der Waals surface area (Å²) >= 11 is 0. The Hall–Kier alpha value is -0.120. The largest absolute Gasteiger partial charge is 0.316 e. The van der Waals surface area contributed by atoms with Gasteiger partial charge in [0.25, 0.3) is 0 Å². The van der Waals surface area contributed by atoms with E-state index in [1.165, 1.54) is 52.0 Å². The van der Waals surface area contributed by atoms with Crippen molar-refractivity contribution >= 4 is 0 Å². The summed E-state index contributed by atoms with van der Waals surface area (Å²) in [6.07, 6.45) is 3.94. The molecule has 1 rings (SSSR count). The van der Waals surface area contributed by atoms with Crippen molar-refractivity contribution < 1.29 is 0 Å². The number of hydrogen-bond donors (Lipinski definition) is 1. The van der Waals surface area contributed by atoms with Gasteiger partial charge in [-0.05, 0) is 64.8 Å². The van der Waals surface area contributed by atoms with E-state index in [-0.39, 0.29) is 0 Å². The molecule has 1 aliphatic rings. The molecule has 19 heavy (non-hydrogen) atoms. The predicted octanol–water partition coefficient (Wildman–Crippen LogP) is 2.28. The number of nitrogens with zero attached hydrogens (tertiary/aromatic N) is 2. The quantitative estimate of drug-likeness (QED) is 0.648. The Morgan fingerprint density at radius 2 is 2.05 bits per heavy atom. The highest BCUT2D eigenvalue weighted by atomic mass is 15.2. The van der Waals surface area contributed by atoms with Crippen molar-refractivity contribution in [2.24, 2.45) is 11.8 Å². The Balaban J connectivity index is 2.38. The number of nitrogens with one attached hydrogen (secondary N) is 1. The molecule has 0 aliphatic carbocycles. The van der Waals surface area contributed by atoms with Gasteiger partial charge >= 0.3 is 0 Å². The van der Waals surface area contributed by atoms with Crippen LogP contribution in [0.2, 0.25) is 0 Å². The van der Waals surface area contributed by atoms with Crippen LogP contribution in [-0.4, -0.2) is 62.7 Å². The minimum absolute atomic E-state index is 0.742. The van der Waals surface area contributed by atoms with Crippen LogP contribution in [0.1, 0.15) is 40.0 Å². The van der Waals surface area contributed by atoms with Gasteiger partial charge in [-0.3, -0.25) is 4.90 Å². The molecular weight excluding hydrogens is 234 g/mol. The summed E-state index contributed by atoms with van der Waals surface area (Å²) in [5, 5.41) is 3.58. The summed E-state index contributed by atoms with van der Waals surface area (Å²) in [5.41, 5.74) is 0. The predicted molar refractivity (Wildman–Crippen MR) is 84.6 cm³/mol. The lowest BCUT2D eigenvalue weighted by molar-refractivity contribution is 0.166. The first-order chi connectivity index (χ1) is 9.02. The van der Waals surface area contributed by atoms with E-state index < -0.39 is 0 Å². The molecule has 0 bridgehead atoms. The van der Waals surface area contributed by atoms with Crippen LogP contribution in [0.25, 0.3) is 0 Å². The van der Waals surface area contributed by atoms with E-state index in [2.05, 4.69) is 50.0 Å². The van der Waals surface area contributed by atoms with E-state index in [1.807, 2.05) is 0 Å². The van der Waals surface area contributed by atoms with Gasteiger partial charge in [-0.1, -0.05) is 20.8 Å². The van der Waals surface area contributed by atoms with Gasteiger partial charge in [0.1, 0.15) is 0 Å². The minimum atomic E-state index is 0.742. The van der Waals surface area contributed by atoms with Crippen molar-refractivity contribution in [1.29, 1.82) is 0 Å². The van der Waals surface area contributed by atoms with Crippen molar-refractivity contribution in [1.82, 2.24) is 15.1 Å². The zero-order valence-corrected chi connectivity index (χ0v) is 13.8. The zero-order valence-electron chi connectivity index (χ0n) is 13.8. The third-order valence-corrected chi connectivity index (χ3v) is 4.01. The molecular formula is C16H35N3. The molecule has 1 N–H and O–H groups in total. The summed E-state index contributed by atoms with van der Waals surface area (Å²) in [7, 11) is 4.40. The van der Waals surface area contributed by atoms with Gasteiger partial charge < -0.3 is 10.2 Å². The molecule has 0 aromatic carbocycles. The van der Waals surface area contributed by atoms with Crippen LogP contribution in [0, 0.1) is 11.8 Å². The molecule has 0 aromatic rings. The lowest BCUT2D eigenvalue weighted by atomic mass is 10.0. The molecule has 3 nitrogen and oxygen atoms in total. The summed E-state index contributed by atoms with van der Waals surface area (Å²) in [4.78, 5) is 5.08. The number of rotatable bonds is 9. The first kappa shape index (κ1) is 16.9. The van der Waals surface area contributed by atoms with Crippen molar-refractivity contribution in [3.05, 3.63) is 0 Å². The molecule has 0 amide bonds. The van der Waals surface area contributed by atoms with Crippen LogP contribution < -0.4 is 5.32 Å². The highest BCUT2D eigenvalue weighted by molar-refractivity contribution is 4.84. The van der Waals surface area contributed by atoms with E-state index in [0.717, 1.165) is 17.9 Å². The van der Waals surface area contributed by atoms with Gasteiger partial charge in [-0.2, -0.15) is 0 Å². The van der Waals surface area contributed by atoms with Crippen LogP contribution in [0.5, 0.6) is 0 Å². The molecule has 1 heterocycles. The summed E-state index contributed by atoms with van der Waals surface area (Å²) in [6, 6.07) is 0.742. The maximum absolute atomic E-state index is 3.58. The van der Waals surface area contributed by atoms with Crippen LogP contribution in [0.15, 0.2) is 0 Å². The zero-order chi connectivity index (χ0) is 14.3. The highest BCUT2D eigenvalue weighted by Gasteiger charge is 2.28. The topological polar surface area (TPSA) is 18.5 Å². The average Bonchev–Trinajstić information content (AvgIpc) is 2.76. The molecule has 1 fully saturated rings. The fraction of sp³-hybridized carbons (Fsp3) is 1.00. The van der Waals surface area contributed by atoms with Crippen LogP contribution in [0.4, 0.5) is 0 Å². The normalized spacial score (nSPS) is 22.6. The van der Waals surface area contributed by atoms with Gasteiger partial charge in [0, 0.05) is 19.1 Å². The van der Waals surface area contributed by atoms with Crippen LogP contribution in [0.3, 0.4) is 0 Å². The van der Waals surface area contributed by atoms with Gasteiger partial charge in [0.2, 0.25) is 0 Å². The van der Waals surface area contributed by atoms with Crippen LogP contribution in [-0.2, 0) is 0 Å². The number of likely N-dealkylation sites (tertiary alicyclic amines) is 1. The molecule has 1 aliphatic heterocycles. The molecule has 2 unspecified atom stereocenters. The molecule has 0 saturated carbocycles.